The van der Waals surface area contributed by atoms with E-state index in [0.29, 0.717) is 17.0 Å². The van der Waals surface area contributed by atoms with Gasteiger partial charge in [0.2, 0.25) is 0 Å². The number of aryl methyl sites for hydroxylation is 1. The van der Waals surface area contributed by atoms with E-state index in [1.165, 1.54) is 4.68 Å². The van der Waals surface area contributed by atoms with Gasteiger partial charge in [-0.3, -0.25) is 4.79 Å². The normalized spacial score (nSPS) is 10.3. The van der Waals surface area contributed by atoms with E-state index >= 15 is 0 Å². The van der Waals surface area contributed by atoms with E-state index in [9.17, 15) is 4.79 Å². The maximum Gasteiger partial charge on any atom is 0.274 e. The third kappa shape index (κ3) is 2.06. The molecule has 88 valence electrons. The van der Waals surface area contributed by atoms with Crippen molar-refractivity contribution in [1.29, 1.82) is 0 Å². The fourth-order valence-electron chi connectivity index (χ4n) is 1.55. The molecular weight excluding hydrogens is 216 g/mol. The molecule has 0 saturated carbocycles. The van der Waals surface area contributed by atoms with Gasteiger partial charge in [-0.25, -0.2) is 0 Å². The fourth-order valence-corrected chi connectivity index (χ4v) is 1.55. The SMILES string of the molecule is COc1cccc(-n2ncc(C)c(C)c2=O)c1. The van der Waals surface area contributed by atoms with E-state index in [4.69, 9.17) is 4.74 Å². The Labute approximate surface area is 99.5 Å². The van der Waals surface area contributed by atoms with Gasteiger partial charge in [0, 0.05) is 11.6 Å². The first kappa shape index (κ1) is 11.4. The number of benzene rings is 1. The lowest BCUT2D eigenvalue weighted by atomic mass is 10.2. The molecule has 0 radical (unpaired) electrons. The molecule has 1 aromatic carbocycles. The third-order valence-corrected chi connectivity index (χ3v) is 2.77. The van der Waals surface area contributed by atoms with Crippen LogP contribution in [0.2, 0.25) is 0 Å². The first-order valence-electron chi connectivity index (χ1n) is 5.33. The van der Waals surface area contributed by atoms with Gasteiger partial charge in [-0.15, -0.1) is 0 Å². The molecule has 0 aliphatic heterocycles. The first-order chi connectivity index (χ1) is 8.13. The molecule has 4 nitrogen and oxygen atoms in total. The Hall–Kier alpha value is -2.10. The van der Waals surface area contributed by atoms with Gasteiger partial charge in [-0.05, 0) is 31.5 Å². The van der Waals surface area contributed by atoms with Crippen LogP contribution in [0.4, 0.5) is 0 Å². The zero-order valence-corrected chi connectivity index (χ0v) is 10.1. The Morgan fingerprint density at radius 1 is 1.29 bits per heavy atom. The summed E-state index contributed by atoms with van der Waals surface area (Å²) in [7, 11) is 1.59. The molecule has 0 amide bonds. The number of hydrogen-bond donors (Lipinski definition) is 0. The summed E-state index contributed by atoms with van der Waals surface area (Å²) in [5, 5.41) is 4.13. The molecule has 0 N–H and O–H groups in total. The van der Waals surface area contributed by atoms with Gasteiger partial charge >= 0.3 is 0 Å². The Morgan fingerprint density at radius 3 is 2.76 bits per heavy atom. The van der Waals surface area contributed by atoms with Crippen LogP contribution in [-0.4, -0.2) is 16.9 Å². The molecule has 0 atom stereocenters. The molecule has 17 heavy (non-hydrogen) atoms. The number of aromatic nitrogens is 2. The zero-order chi connectivity index (χ0) is 12.4. The van der Waals surface area contributed by atoms with Gasteiger partial charge in [0.25, 0.3) is 5.56 Å². The van der Waals surface area contributed by atoms with Gasteiger partial charge in [0.1, 0.15) is 5.75 Å². The van der Waals surface area contributed by atoms with Crippen LogP contribution in [-0.2, 0) is 0 Å². The van der Waals surface area contributed by atoms with Crippen molar-refractivity contribution >= 4 is 0 Å². The number of nitrogens with zero attached hydrogens (tertiary/aromatic N) is 2. The molecule has 4 heteroatoms. The number of ether oxygens (including phenoxy) is 1. The predicted molar refractivity (Wildman–Crippen MR) is 65.9 cm³/mol. The minimum Gasteiger partial charge on any atom is -0.497 e. The van der Waals surface area contributed by atoms with Crippen molar-refractivity contribution in [3.8, 4) is 11.4 Å². The van der Waals surface area contributed by atoms with Crippen molar-refractivity contribution in [2.75, 3.05) is 7.11 Å². The van der Waals surface area contributed by atoms with E-state index in [2.05, 4.69) is 5.10 Å². The van der Waals surface area contributed by atoms with E-state index in [-0.39, 0.29) is 5.56 Å². The van der Waals surface area contributed by atoms with Crippen molar-refractivity contribution in [2.24, 2.45) is 0 Å². The van der Waals surface area contributed by atoms with Crippen molar-refractivity contribution in [1.82, 2.24) is 9.78 Å². The summed E-state index contributed by atoms with van der Waals surface area (Å²) in [5.74, 6) is 0.703. The van der Waals surface area contributed by atoms with Crippen LogP contribution in [0.3, 0.4) is 0 Å². The second-order valence-electron chi connectivity index (χ2n) is 3.87. The highest BCUT2D eigenvalue weighted by Crippen LogP contribution is 2.14. The molecule has 0 saturated heterocycles. The van der Waals surface area contributed by atoms with Crippen LogP contribution in [0.5, 0.6) is 5.75 Å². The Balaban J connectivity index is 2.61. The smallest absolute Gasteiger partial charge is 0.274 e. The lowest BCUT2D eigenvalue weighted by molar-refractivity contribution is 0.414. The van der Waals surface area contributed by atoms with Crippen LogP contribution in [0.25, 0.3) is 5.69 Å². The summed E-state index contributed by atoms with van der Waals surface area (Å²) in [6.45, 7) is 3.68. The highest BCUT2D eigenvalue weighted by Gasteiger charge is 2.06. The second kappa shape index (κ2) is 4.41. The Bertz CT molecular complexity index is 603. The summed E-state index contributed by atoms with van der Waals surface area (Å²) in [5.41, 5.74) is 2.22. The molecule has 0 unspecified atom stereocenters. The fraction of sp³-hybridized carbons (Fsp3) is 0.231. The molecular formula is C13H14N2O2. The van der Waals surface area contributed by atoms with Crippen molar-refractivity contribution in [3.63, 3.8) is 0 Å². The average molecular weight is 230 g/mol. The quantitative estimate of drug-likeness (QED) is 0.791. The maximum absolute atomic E-state index is 12.0. The monoisotopic (exact) mass is 230 g/mol. The number of methoxy groups -OCH3 is 1. The zero-order valence-electron chi connectivity index (χ0n) is 10.1. The predicted octanol–water partition coefficient (Wildman–Crippen LogP) is 1.86. The van der Waals surface area contributed by atoms with Crippen molar-refractivity contribution in [3.05, 3.63) is 51.9 Å². The minimum atomic E-state index is -0.0988. The van der Waals surface area contributed by atoms with Crippen molar-refractivity contribution < 1.29 is 4.74 Å². The molecule has 1 aromatic heterocycles. The summed E-state index contributed by atoms with van der Waals surface area (Å²) >= 11 is 0. The van der Waals surface area contributed by atoms with E-state index < -0.39 is 0 Å². The molecule has 2 rings (SSSR count). The van der Waals surface area contributed by atoms with Crippen LogP contribution in [0, 0.1) is 13.8 Å². The molecule has 2 aromatic rings. The number of hydrogen-bond acceptors (Lipinski definition) is 3. The standard InChI is InChI=1S/C13H14N2O2/c1-9-8-14-15(13(16)10(9)2)11-5-4-6-12(7-11)17-3/h4-8H,1-3H3. The second-order valence-corrected chi connectivity index (χ2v) is 3.87. The molecule has 0 aliphatic rings. The highest BCUT2D eigenvalue weighted by atomic mass is 16.5. The van der Waals surface area contributed by atoms with Crippen molar-refractivity contribution in [2.45, 2.75) is 13.8 Å². The Kier molecular flexibility index (Phi) is 2.95. The van der Waals surface area contributed by atoms with Crippen LogP contribution in [0.15, 0.2) is 35.3 Å². The Morgan fingerprint density at radius 2 is 2.06 bits per heavy atom. The summed E-state index contributed by atoms with van der Waals surface area (Å²) in [4.78, 5) is 12.0. The van der Waals surface area contributed by atoms with Gasteiger partial charge in [-0.1, -0.05) is 6.07 Å². The number of rotatable bonds is 2. The van der Waals surface area contributed by atoms with E-state index in [0.717, 1.165) is 5.56 Å². The van der Waals surface area contributed by atoms with E-state index in [1.54, 1.807) is 26.3 Å². The van der Waals surface area contributed by atoms with Gasteiger partial charge < -0.3 is 4.74 Å². The van der Waals surface area contributed by atoms with Crippen LogP contribution < -0.4 is 10.3 Å². The lowest BCUT2D eigenvalue weighted by Gasteiger charge is -2.08. The van der Waals surface area contributed by atoms with Gasteiger partial charge in [-0.2, -0.15) is 9.78 Å². The summed E-state index contributed by atoms with van der Waals surface area (Å²) in [6, 6.07) is 7.27. The summed E-state index contributed by atoms with van der Waals surface area (Å²) < 4.78 is 6.51. The molecule has 0 bridgehead atoms. The minimum absolute atomic E-state index is 0.0988. The van der Waals surface area contributed by atoms with E-state index in [1.807, 2.05) is 25.1 Å². The third-order valence-electron chi connectivity index (χ3n) is 2.77. The van der Waals surface area contributed by atoms with Gasteiger partial charge in [0.05, 0.1) is 19.0 Å². The topological polar surface area (TPSA) is 44.1 Å². The molecule has 1 heterocycles. The van der Waals surface area contributed by atoms with Crippen LogP contribution in [0.1, 0.15) is 11.1 Å². The highest BCUT2D eigenvalue weighted by molar-refractivity contribution is 5.39. The molecule has 0 aliphatic carbocycles. The molecule has 0 fully saturated rings. The van der Waals surface area contributed by atoms with Crippen LogP contribution >= 0.6 is 0 Å². The lowest BCUT2D eigenvalue weighted by Crippen LogP contribution is -2.23. The largest absolute Gasteiger partial charge is 0.497 e. The summed E-state index contributed by atoms with van der Waals surface area (Å²) in [6.07, 6.45) is 1.69. The maximum atomic E-state index is 12.0. The first-order valence-corrected chi connectivity index (χ1v) is 5.33. The molecule has 0 spiro atoms. The average Bonchev–Trinajstić information content (AvgIpc) is 2.36. The van der Waals surface area contributed by atoms with Gasteiger partial charge in [0.15, 0.2) is 0 Å².